The first-order valence-corrected chi connectivity index (χ1v) is 8.59. The monoisotopic (exact) mass is 344 g/mol. The van der Waals surface area contributed by atoms with Crippen molar-refractivity contribution in [3.05, 3.63) is 42.5 Å². The second-order valence-electron chi connectivity index (χ2n) is 6.17. The standard InChI is InChI=1S/C18H24N4O3/c1-24-16-5-2-4-15(10-16)11-21(12-17-6-3-9-25-17)18(23)7-8-22-14-19-13-20-22/h2,4-5,10,13-14,17H,3,6-9,11-12H2,1H3. The van der Waals surface area contributed by atoms with Crippen LogP contribution in [0.15, 0.2) is 36.9 Å². The fraction of sp³-hybridized carbons (Fsp3) is 0.500. The van der Waals surface area contributed by atoms with Gasteiger partial charge in [-0.1, -0.05) is 12.1 Å². The Morgan fingerprint density at radius 1 is 1.48 bits per heavy atom. The van der Waals surface area contributed by atoms with Gasteiger partial charge in [0.25, 0.3) is 0 Å². The van der Waals surface area contributed by atoms with Crippen molar-refractivity contribution in [2.75, 3.05) is 20.3 Å². The Morgan fingerprint density at radius 3 is 3.12 bits per heavy atom. The minimum absolute atomic E-state index is 0.0915. The number of hydrogen-bond donors (Lipinski definition) is 0. The van der Waals surface area contributed by atoms with Gasteiger partial charge in [-0.3, -0.25) is 9.48 Å². The molecule has 0 radical (unpaired) electrons. The smallest absolute Gasteiger partial charge is 0.224 e. The molecule has 1 atom stereocenters. The largest absolute Gasteiger partial charge is 0.497 e. The highest BCUT2D eigenvalue weighted by atomic mass is 16.5. The summed E-state index contributed by atoms with van der Waals surface area (Å²) >= 11 is 0. The third-order valence-electron chi connectivity index (χ3n) is 4.33. The molecular weight excluding hydrogens is 320 g/mol. The molecule has 1 aliphatic rings. The number of rotatable bonds is 8. The van der Waals surface area contributed by atoms with Gasteiger partial charge in [-0.15, -0.1) is 0 Å². The van der Waals surface area contributed by atoms with Crippen LogP contribution >= 0.6 is 0 Å². The number of nitrogens with zero attached hydrogens (tertiary/aromatic N) is 4. The highest BCUT2D eigenvalue weighted by molar-refractivity contribution is 5.76. The molecule has 0 bridgehead atoms. The van der Waals surface area contributed by atoms with Crippen LogP contribution in [0.5, 0.6) is 5.75 Å². The van der Waals surface area contributed by atoms with Gasteiger partial charge in [-0.2, -0.15) is 5.10 Å². The molecule has 3 rings (SSSR count). The second-order valence-corrected chi connectivity index (χ2v) is 6.17. The first-order chi connectivity index (χ1) is 12.2. The molecule has 0 spiro atoms. The molecule has 1 aromatic carbocycles. The summed E-state index contributed by atoms with van der Waals surface area (Å²) < 4.78 is 12.7. The number of aromatic nitrogens is 3. The van der Waals surface area contributed by atoms with Crippen LogP contribution < -0.4 is 4.74 Å². The van der Waals surface area contributed by atoms with Crippen LogP contribution in [-0.4, -0.2) is 51.9 Å². The average Bonchev–Trinajstić information content (AvgIpc) is 3.33. The molecule has 1 unspecified atom stereocenters. The summed E-state index contributed by atoms with van der Waals surface area (Å²) in [7, 11) is 1.65. The van der Waals surface area contributed by atoms with Gasteiger partial charge in [0.1, 0.15) is 18.4 Å². The van der Waals surface area contributed by atoms with Gasteiger partial charge < -0.3 is 14.4 Å². The Bertz CT molecular complexity index is 669. The Hall–Kier alpha value is -2.41. The van der Waals surface area contributed by atoms with Crippen LogP contribution in [0, 0.1) is 0 Å². The van der Waals surface area contributed by atoms with E-state index in [1.54, 1.807) is 18.1 Å². The third-order valence-corrected chi connectivity index (χ3v) is 4.33. The maximum Gasteiger partial charge on any atom is 0.224 e. The van der Waals surface area contributed by atoms with Crippen molar-refractivity contribution >= 4 is 5.91 Å². The SMILES string of the molecule is COc1cccc(CN(CC2CCCO2)C(=O)CCn2cncn2)c1. The lowest BCUT2D eigenvalue weighted by molar-refractivity contribution is -0.133. The third kappa shape index (κ3) is 5.03. The van der Waals surface area contributed by atoms with E-state index in [0.717, 1.165) is 30.8 Å². The number of carbonyl (C=O) groups excluding carboxylic acids is 1. The number of carbonyl (C=O) groups is 1. The van der Waals surface area contributed by atoms with Gasteiger partial charge in [0.05, 0.1) is 19.8 Å². The van der Waals surface area contributed by atoms with E-state index in [4.69, 9.17) is 9.47 Å². The number of methoxy groups -OCH3 is 1. The maximum atomic E-state index is 12.8. The zero-order valence-electron chi connectivity index (χ0n) is 14.5. The van der Waals surface area contributed by atoms with E-state index in [1.165, 1.54) is 6.33 Å². The average molecular weight is 344 g/mol. The summed E-state index contributed by atoms with van der Waals surface area (Å²) in [6.07, 6.45) is 5.68. The first-order valence-electron chi connectivity index (χ1n) is 8.59. The number of amides is 1. The van der Waals surface area contributed by atoms with E-state index in [2.05, 4.69) is 10.1 Å². The molecule has 25 heavy (non-hydrogen) atoms. The molecule has 1 aromatic heterocycles. The summed E-state index contributed by atoms with van der Waals surface area (Å²) in [6.45, 7) is 2.48. The van der Waals surface area contributed by atoms with Crippen LogP contribution in [-0.2, 0) is 22.6 Å². The molecule has 7 nitrogen and oxygen atoms in total. The summed E-state index contributed by atoms with van der Waals surface area (Å²) in [5, 5.41) is 4.05. The van der Waals surface area contributed by atoms with Crippen molar-refractivity contribution < 1.29 is 14.3 Å². The van der Waals surface area contributed by atoms with Crippen molar-refractivity contribution in [2.24, 2.45) is 0 Å². The Kier molecular flexibility index (Phi) is 6.00. The summed E-state index contributed by atoms with van der Waals surface area (Å²) in [5.74, 6) is 0.887. The van der Waals surface area contributed by atoms with Crippen LogP contribution in [0.3, 0.4) is 0 Å². The zero-order valence-corrected chi connectivity index (χ0v) is 14.5. The highest BCUT2D eigenvalue weighted by Crippen LogP contribution is 2.18. The summed E-state index contributed by atoms with van der Waals surface area (Å²) in [4.78, 5) is 18.5. The van der Waals surface area contributed by atoms with Gasteiger partial charge in [0.15, 0.2) is 0 Å². The van der Waals surface area contributed by atoms with E-state index in [1.807, 2.05) is 29.2 Å². The molecule has 0 N–H and O–H groups in total. The lowest BCUT2D eigenvalue weighted by Crippen LogP contribution is -2.37. The van der Waals surface area contributed by atoms with Gasteiger partial charge >= 0.3 is 0 Å². The normalized spacial score (nSPS) is 16.8. The minimum atomic E-state index is 0.0915. The molecule has 1 amide bonds. The number of aryl methyl sites for hydroxylation is 1. The predicted molar refractivity (Wildman–Crippen MR) is 92.0 cm³/mol. The van der Waals surface area contributed by atoms with E-state index in [9.17, 15) is 4.79 Å². The molecule has 0 saturated carbocycles. The molecule has 7 heteroatoms. The molecule has 1 saturated heterocycles. The minimum Gasteiger partial charge on any atom is -0.497 e. The van der Waals surface area contributed by atoms with Crippen LogP contribution in [0.25, 0.3) is 0 Å². The lowest BCUT2D eigenvalue weighted by Gasteiger charge is -2.26. The Morgan fingerprint density at radius 2 is 2.40 bits per heavy atom. The molecule has 1 aliphatic heterocycles. The van der Waals surface area contributed by atoms with Crippen molar-refractivity contribution in [2.45, 2.75) is 38.5 Å². The van der Waals surface area contributed by atoms with Gasteiger partial charge in [0.2, 0.25) is 5.91 Å². The predicted octanol–water partition coefficient (Wildman–Crippen LogP) is 1.88. The van der Waals surface area contributed by atoms with Gasteiger partial charge in [-0.05, 0) is 30.5 Å². The van der Waals surface area contributed by atoms with E-state index in [0.29, 0.717) is 26.1 Å². The van der Waals surface area contributed by atoms with Crippen molar-refractivity contribution in [1.82, 2.24) is 19.7 Å². The highest BCUT2D eigenvalue weighted by Gasteiger charge is 2.22. The van der Waals surface area contributed by atoms with Gasteiger partial charge in [0, 0.05) is 26.1 Å². The molecule has 2 aromatic rings. The van der Waals surface area contributed by atoms with Crippen LogP contribution in [0.1, 0.15) is 24.8 Å². The number of ether oxygens (including phenoxy) is 2. The van der Waals surface area contributed by atoms with E-state index >= 15 is 0 Å². The second kappa shape index (κ2) is 8.62. The van der Waals surface area contributed by atoms with Crippen molar-refractivity contribution in [3.8, 4) is 5.75 Å². The van der Waals surface area contributed by atoms with Crippen molar-refractivity contribution in [3.63, 3.8) is 0 Å². The maximum absolute atomic E-state index is 12.8. The van der Waals surface area contributed by atoms with Crippen LogP contribution in [0.4, 0.5) is 0 Å². The van der Waals surface area contributed by atoms with E-state index < -0.39 is 0 Å². The molecule has 1 fully saturated rings. The Labute approximate surface area is 147 Å². The Balaban J connectivity index is 1.65. The summed E-state index contributed by atoms with van der Waals surface area (Å²) in [5.41, 5.74) is 1.05. The molecule has 0 aliphatic carbocycles. The fourth-order valence-electron chi connectivity index (χ4n) is 3.00. The topological polar surface area (TPSA) is 69.5 Å². The molecule has 134 valence electrons. The first kappa shape index (κ1) is 17.4. The summed E-state index contributed by atoms with van der Waals surface area (Å²) in [6, 6.07) is 7.82. The van der Waals surface area contributed by atoms with Gasteiger partial charge in [-0.25, -0.2) is 4.98 Å². The quantitative estimate of drug-likeness (QED) is 0.731. The van der Waals surface area contributed by atoms with Crippen molar-refractivity contribution in [1.29, 1.82) is 0 Å². The van der Waals surface area contributed by atoms with E-state index in [-0.39, 0.29) is 12.0 Å². The lowest BCUT2D eigenvalue weighted by atomic mass is 10.1. The zero-order chi connectivity index (χ0) is 17.5. The number of hydrogen-bond acceptors (Lipinski definition) is 5. The van der Waals surface area contributed by atoms with Crippen LogP contribution in [0.2, 0.25) is 0 Å². The fourth-order valence-corrected chi connectivity index (χ4v) is 3.00. The molecular formula is C18H24N4O3. The number of benzene rings is 1. The molecule has 2 heterocycles.